The fourth-order valence-corrected chi connectivity index (χ4v) is 2.47. The van der Waals surface area contributed by atoms with Crippen molar-refractivity contribution in [3.05, 3.63) is 53.1 Å². The van der Waals surface area contributed by atoms with Gasteiger partial charge in [0.2, 0.25) is 0 Å². The Morgan fingerprint density at radius 2 is 2.08 bits per heavy atom. The maximum Gasteiger partial charge on any atom is 0.310 e. The molecule has 0 spiro atoms. The Hall–Kier alpha value is -2.70. The fraction of sp³-hybridized carbons (Fsp3) is 0.353. The number of rotatable bonds is 6. The third kappa shape index (κ3) is 4.18. The van der Waals surface area contributed by atoms with Gasteiger partial charge in [0.05, 0.1) is 24.3 Å². The lowest BCUT2D eigenvalue weighted by atomic mass is 9.98. The van der Waals surface area contributed by atoms with Crippen LogP contribution in [-0.2, 0) is 23.0 Å². The molecular formula is C17H20FN3O3. The van der Waals surface area contributed by atoms with Crippen LogP contribution in [0.2, 0.25) is 0 Å². The van der Waals surface area contributed by atoms with Crippen molar-refractivity contribution in [2.75, 3.05) is 13.7 Å². The van der Waals surface area contributed by atoms with Crippen LogP contribution in [0.3, 0.4) is 0 Å². The molecule has 1 aromatic carbocycles. The molecule has 0 saturated heterocycles. The predicted octanol–water partition coefficient (Wildman–Crippen LogP) is 1.63. The topological polar surface area (TPSA) is 73.2 Å². The normalized spacial score (nSPS) is 11.8. The molecule has 7 heteroatoms. The first-order valence-electron chi connectivity index (χ1n) is 7.52. The molecule has 0 bridgehead atoms. The van der Waals surface area contributed by atoms with E-state index in [0.717, 1.165) is 0 Å². The van der Waals surface area contributed by atoms with Crippen LogP contribution in [-0.4, -0.2) is 35.3 Å². The number of aromatic nitrogens is 2. The van der Waals surface area contributed by atoms with E-state index >= 15 is 0 Å². The number of carbonyl (C=O) groups is 2. The molecule has 0 saturated carbocycles. The van der Waals surface area contributed by atoms with E-state index < -0.39 is 11.9 Å². The largest absolute Gasteiger partial charge is 0.469 e. The molecule has 2 aromatic rings. The number of methoxy groups -OCH3 is 1. The van der Waals surface area contributed by atoms with Crippen molar-refractivity contribution in [3.63, 3.8) is 0 Å². The number of hydrogen-bond acceptors (Lipinski definition) is 4. The van der Waals surface area contributed by atoms with E-state index in [9.17, 15) is 14.0 Å². The molecule has 2 rings (SSSR count). The quantitative estimate of drug-likeness (QED) is 0.816. The van der Waals surface area contributed by atoms with Gasteiger partial charge in [-0.15, -0.1) is 0 Å². The van der Waals surface area contributed by atoms with E-state index in [0.29, 0.717) is 16.8 Å². The minimum atomic E-state index is -0.673. The Morgan fingerprint density at radius 3 is 2.67 bits per heavy atom. The van der Waals surface area contributed by atoms with Gasteiger partial charge in [-0.2, -0.15) is 5.10 Å². The average Bonchev–Trinajstić information content (AvgIpc) is 2.90. The van der Waals surface area contributed by atoms with Gasteiger partial charge in [0.25, 0.3) is 5.91 Å². The Kier molecular flexibility index (Phi) is 5.68. The summed E-state index contributed by atoms with van der Waals surface area (Å²) in [6.45, 7) is 1.78. The van der Waals surface area contributed by atoms with Gasteiger partial charge in [0.1, 0.15) is 5.82 Å². The molecule has 0 fully saturated rings. The van der Waals surface area contributed by atoms with Gasteiger partial charge in [0.15, 0.2) is 0 Å². The summed E-state index contributed by atoms with van der Waals surface area (Å²) in [5, 5.41) is 6.80. The number of ether oxygens (including phenoxy) is 1. The summed E-state index contributed by atoms with van der Waals surface area (Å²) < 4.78 is 20.1. The van der Waals surface area contributed by atoms with E-state index in [4.69, 9.17) is 4.74 Å². The van der Waals surface area contributed by atoms with Gasteiger partial charge in [-0.05, 0) is 25.0 Å². The lowest BCUT2D eigenvalue weighted by Crippen LogP contribution is -2.35. The van der Waals surface area contributed by atoms with Crippen molar-refractivity contribution in [2.24, 2.45) is 13.0 Å². The van der Waals surface area contributed by atoms with Crippen LogP contribution in [0.15, 0.2) is 30.5 Å². The van der Waals surface area contributed by atoms with Gasteiger partial charge in [-0.1, -0.05) is 18.2 Å². The van der Waals surface area contributed by atoms with Gasteiger partial charge >= 0.3 is 5.97 Å². The first kappa shape index (κ1) is 17.7. The Morgan fingerprint density at radius 1 is 1.38 bits per heavy atom. The van der Waals surface area contributed by atoms with Crippen LogP contribution in [0.1, 0.15) is 21.6 Å². The summed E-state index contributed by atoms with van der Waals surface area (Å²) in [4.78, 5) is 24.2. The highest BCUT2D eigenvalue weighted by Gasteiger charge is 2.23. The van der Waals surface area contributed by atoms with Crippen LogP contribution in [0, 0.1) is 18.7 Å². The van der Waals surface area contributed by atoms with E-state index in [-0.39, 0.29) is 24.7 Å². The lowest BCUT2D eigenvalue weighted by Gasteiger charge is -2.16. The van der Waals surface area contributed by atoms with Gasteiger partial charge in [0, 0.05) is 19.8 Å². The average molecular weight is 333 g/mol. The number of halogens is 1. The molecular weight excluding hydrogens is 313 g/mol. The number of carbonyl (C=O) groups excluding carboxylic acids is 2. The summed E-state index contributed by atoms with van der Waals surface area (Å²) in [7, 11) is 2.99. The maximum absolute atomic E-state index is 13.8. The van der Waals surface area contributed by atoms with Crippen LogP contribution in [0.5, 0.6) is 0 Å². The minimum Gasteiger partial charge on any atom is -0.469 e. The third-order valence-electron chi connectivity index (χ3n) is 3.73. The molecule has 0 aliphatic rings. The van der Waals surface area contributed by atoms with Crippen LogP contribution in [0.4, 0.5) is 4.39 Å². The molecule has 0 aliphatic heterocycles. The minimum absolute atomic E-state index is 0.0498. The summed E-state index contributed by atoms with van der Waals surface area (Å²) >= 11 is 0. The van der Waals surface area contributed by atoms with Crippen LogP contribution < -0.4 is 5.32 Å². The molecule has 1 N–H and O–H groups in total. The van der Waals surface area contributed by atoms with Crippen LogP contribution in [0.25, 0.3) is 0 Å². The highest BCUT2D eigenvalue weighted by atomic mass is 19.1. The van der Waals surface area contributed by atoms with Crippen molar-refractivity contribution in [1.82, 2.24) is 15.1 Å². The zero-order valence-electron chi connectivity index (χ0n) is 13.9. The Balaban J connectivity index is 2.07. The number of aryl methyl sites for hydroxylation is 2. The Bertz CT molecular complexity index is 742. The van der Waals surface area contributed by atoms with Gasteiger partial charge < -0.3 is 10.1 Å². The maximum atomic E-state index is 13.8. The number of amides is 1. The molecule has 24 heavy (non-hydrogen) atoms. The number of esters is 1. The molecule has 1 aromatic heterocycles. The summed E-state index contributed by atoms with van der Waals surface area (Å²) in [5.74, 6) is -1.89. The van der Waals surface area contributed by atoms with E-state index in [1.165, 1.54) is 13.2 Å². The molecule has 1 atom stereocenters. The van der Waals surface area contributed by atoms with Crippen LogP contribution >= 0.6 is 0 Å². The summed E-state index contributed by atoms with van der Waals surface area (Å²) in [6, 6.07) is 6.23. The van der Waals surface area contributed by atoms with Gasteiger partial charge in [-0.25, -0.2) is 4.39 Å². The zero-order valence-corrected chi connectivity index (χ0v) is 13.9. The van der Waals surface area contributed by atoms with E-state index in [1.807, 2.05) is 0 Å². The third-order valence-corrected chi connectivity index (χ3v) is 3.73. The number of nitrogens with zero attached hydrogens (tertiary/aromatic N) is 2. The van der Waals surface area contributed by atoms with Crippen molar-refractivity contribution in [2.45, 2.75) is 13.3 Å². The SMILES string of the molecule is COC(=O)[C@H](CNC(=O)c1cn(C)nc1C)Cc1ccccc1F. The summed E-state index contributed by atoms with van der Waals surface area (Å²) in [6.07, 6.45) is 1.75. The number of benzene rings is 1. The molecule has 0 aliphatic carbocycles. The molecule has 0 radical (unpaired) electrons. The van der Waals surface area contributed by atoms with Crippen molar-refractivity contribution in [1.29, 1.82) is 0 Å². The highest BCUT2D eigenvalue weighted by molar-refractivity contribution is 5.95. The molecule has 1 heterocycles. The second kappa shape index (κ2) is 7.72. The molecule has 1 amide bonds. The zero-order chi connectivity index (χ0) is 17.7. The van der Waals surface area contributed by atoms with Crippen molar-refractivity contribution >= 4 is 11.9 Å². The second-order valence-corrected chi connectivity index (χ2v) is 5.53. The van der Waals surface area contributed by atoms with Gasteiger partial charge in [-0.3, -0.25) is 14.3 Å². The smallest absolute Gasteiger partial charge is 0.310 e. The molecule has 0 unspecified atom stereocenters. The first-order chi connectivity index (χ1) is 11.4. The number of hydrogen-bond donors (Lipinski definition) is 1. The molecule has 128 valence electrons. The van der Waals surface area contributed by atoms with E-state index in [1.54, 1.807) is 43.0 Å². The highest BCUT2D eigenvalue weighted by Crippen LogP contribution is 2.14. The number of nitrogens with one attached hydrogen (secondary N) is 1. The lowest BCUT2D eigenvalue weighted by molar-refractivity contribution is -0.145. The monoisotopic (exact) mass is 333 g/mol. The predicted molar refractivity (Wildman–Crippen MR) is 85.9 cm³/mol. The fourth-order valence-electron chi connectivity index (χ4n) is 2.47. The van der Waals surface area contributed by atoms with E-state index in [2.05, 4.69) is 10.4 Å². The van der Waals surface area contributed by atoms with Crippen molar-refractivity contribution < 1.29 is 18.7 Å². The summed E-state index contributed by atoms with van der Waals surface area (Å²) in [5.41, 5.74) is 1.44. The van der Waals surface area contributed by atoms with Crippen molar-refractivity contribution in [3.8, 4) is 0 Å². The second-order valence-electron chi connectivity index (χ2n) is 5.53. The Labute approximate surface area is 139 Å². The molecule has 6 nitrogen and oxygen atoms in total. The standard InChI is InChI=1S/C17H20FN3O3/c1-11-14(10-21(2)20-11)16(22)19-9-13(17(23)24-3)8-12-6-4-5-7-15(12)18/h4-7,10,13H,8-9H2,1-3H3,(H,19,22)/t13-/m0/s1. The first-order valence-corrected chi connectivity index (χ1v) is 7.52.